The summed E-state index contributed by atoms with van der Waals surface area (Å²) in [5.74, 6) is 2.07. The third-order valence-electron chi connectivity index (χ3n) is 8.56. The van der Waals surface area contributed by atoms with E-state index < -0.39 is 0 Å². The van der Waals surface area contributed by atoms with E-state index in [9.17, 15) is 4.79 Å². The van der Waals surface area contributed by atoms with Crippen molar-refractivity contribution in [3.8, 4) is 0 Å². The lowest BCUT2D eigenvalue weighted by Crippen LogP contribution is -2.54. The van der Waals surface area contributed by atoms with Gasteiger partial charge in [0.05, 0.1) is 19.0 Å². The number of hydrogen-bond donors (Lipinski definition) is 0. The number of hydrogen-bond acceptors (Lipinski definition) is 4. The monoisotopic (exact) mass is 470 g/mol. The standard InChI is InChI=1S/C30H38N4O/c1-20-11-9-15-27(22(20)3)32-18-33(28-16-10-12-21(2)23(28)4)30-31-24(5)26(29(35)34(30)19-32)17-25-13-7-6-8-14-25/h6-8,10,12-14,16,20,22,27H,9,11,15,17-19H2,1-5H3. The molecule has 0 bridgehead atoms. The van der Waals surface area contributed by atoms with Gasteiger partial charge in [0.15, 0.2) is 0 Å². The van der Waals surface area contributed by atoms with Crippen molar-refractivity contribution < 1.29 is 0 Å². The van der Waals surface area contributed by atoms with E-state index >= 15 is 0 Å². The Morgan fingerprint density at radius 1 is 0.943 bits per heavy atom. The molecule has 5 nitrogen and oxygen atoms in total. The quantitative estimate of drug-likeness (QED) is 0.472. The Balaban J connectivity index is 1.62. The van der Waals surface area contributed by atoms with E-state index in [0.29, 0.717) is 31.0 Å². The second-order valence-electron chi connectivity index (χ2n) is 10.7. The lowest BCUT2D eigenvalue weighted by atomic mass is 9.77. The Kier molecular flexibility index (Phi) is 6.54. The fourth-order valence-corrected chi connectivity index (χ4v) is 5.99. The highest BCUT2D eigenvalue weighted by Crippen LogP contribution is 2.37. The summed E-state index contributed by atoms with van der Waals surface area (Å²) in [5.41, 5.74) is 6.50. The molecule has 0 saturated heterocycles. The van der Waals surface area contributed by atoms with Crippen molar-refractivity contribution in [1.82, 2.24) is 14.5 Å². The number of aryl methyl sites for hydroxylation is 2. The van der Waals surface area contributed by atoms with Crippen molar-refractivity contribution in [3.63, 3.8) is 0 Å². The number of rotatable bonds is 4. The summed E-state index contributed by atoms with van der Waals surface area (Å²) in [4.78, 5) is 23.9. The van der Waals surface area contributed by atoms with E-state index in [1.807, 2.05) is 29.7 Å². The van der Waals surface area contributed by atoms with E-state index in [1.165, 1.54) is 30.4 Å². The molecule has 0 spiro atoms. The molecule has 2 heterocycles. The van der Waals surface area contributed by atoms with E-state index in [0.717, 1.165) is 35.1 Å². The van der Waals surface area contributed by atoms with Crippen molar-refractivity contribution >= 4 is 11.6 Å². The molecule has 1 aromatic heterocycles. The molecule has 0 amide bonds. The van der Waals surface area contributed by atoms with Crippen LogP contribution in [0.25, 0.3) is 0 Å². The number of nitrogens with zero attached hydrogens (tertiary/aromatic N) is 4. The lowest BCUT2D eigenvalue weighted by Gasteiger charge is -2.47. The Bertz CT molecular complexity index is 1270. The maximum atomic E-state index is 14.0. The van der Waals surface area contributed by atoms with Gasteiger partial charge in [0.25, 0.3) is 5.56 Å². The largest absolute Gasteiger partial charge is 0.298 e. The van der Waals surface area contributed by atoms with Crippen LogP contribution >= 0.6 is 0 Å². The zero-order chi connectivity index (χ0) is 24.7. The Morgan fingerprint density at radius 3 is 2.49 bits per heavy atom. The average Bonchev–Trinajstić information content (AvgIpc) is 2.85. The number of anilines is 2. The van der Waals surface area contributed by atoms with Gasteiger partial charge in [-0.1, -0.05) is 69.2 Å². The van der Waals surface area contributed by atoms with E-state index in [2.05, 4.69) is 67.8 Å². The van der Waals surface area contributed by atoms with E-state index in [4.69, 9.17) is 4.98 Å². The molecule has 35 heavy (non-hydrogen) atoms. The zero-order valence-corrected chi connectivity index (χ0v) is 21.8. The minimum absolute atomic E-state index is 0.0906. The van der Waals surface area contributed by atoms with Gasteiger partial charge in [-0.15, -0.1) is 0 Å². The first-order valence-corrected chi connectivity index (χ1v) is 13.1. The number of benzene rings is 2. The molecule has 3 aromatic rings. The molecule has 1 saturated carbocycles. The highest BCUT2D eigenvalue weighted by Gasteiger charge is 2.37. The molecule has 5 heteroatoms. The number of fused-ring (bicyclic) bond motifs is 1. The van der Waals surface area contributed by atoms with Gasteiger partial charge in [-0.25, -0.2) is 4.98 Å². The molecule has 1 aliphatic heterocycles. The fraction of sp³-hybridized carbons (Fsp3) is 0.467. The topological polar surface area (TPSA) is 41.4 Å². The molecule has 2 aromatic carbocycles. The second-order valence-corrected chi connectivity index (χ2v) is 10.7. The predicted octanol–water partition coefficient (Wildman–Crippen LogP) is 5.95. The maximum absolute atomic E-state index is 14.0. The van der Waals surface area contributed by atoms with Crippen LogP contribution in [0.15, 0.2) is 53.3 Å². The summed E-state index contributed by atoms with van der Waals surface area (Å²) in [7, 11) is 0. The smallest absolute Gasteiger partial charge is 0.259 e. The molecule has 0 radical (unpaired) electrons. The molecule has 5 rings (SSSR count). The van der Waals surface area contributed by atoms with Gasteiger partial charge in [-0.05, 0) is 61.8 Å². The minimum atomic E-state index is 0.0906. The predicted molar refractivity (Wildman–Crippen MR) is 143 cm³/mol. The first kappa shape index (κ1) is 23.8. The van der Waals surface area contributed by atoms with Crippen LogP contribution < -0.4 is 10.5 Å². The second kappa shape index (κ2) is 9.62. The van der Waals surface area contributed by atoms with Crippen molar-refractivity contribution in [3.05, 3.63) is 86.8 Å². The molecule has 184 valence electrons. The Morgan fingerprint density at radius 2 is 1.71 bits per heavy atom. The van der Waals surface area contributed by atoms with Gasteiger partial charge in [-0.2, -0.15) is 0 Å². The van der Waals surface area contributed by atoms with Crippen LogP contribution in [-0.2, 0) is 13.1 Å². The SMILES string of the molecule is Cc1cccc(N2CN(C3CCCC(C)C3C)Cn3c2nc(C)c(Cc2ccccc2)c3=O)c1C. The van der Waals surface area contributed by atoms with Gasteiger partial charge in [0.2, 0.25) is 5.95 Å². The number of aromatic nitrogens is 2. The van der Waals surface area contributed by atoms with Crippen LogP contribution in [0, 0.1) is 32.6 Å². The first-order chi connectivity index (χ1) is 16.8. The van der Waals surface area contributed by atoms with Crippen molar-refractivity contribution in [2.45, 2.75) is 73.0 Å². The van der Waals surface area contributed by atoms with Gasteiger partial charge >= 0.3 is 0 Å². The van der Waals surface area contributed by atoms with Crippen LogP contribution in [0.3, 0.4) is 0 Å². The van der Waals surface area contributed by atoms with Crippen molar-refractivity contribution in [1.29, 1.82) is 0 Å². The van der Waals surface area contributed by atoms with Gasteiger partial charge in [-0.3, -0.25) is 19.2 Å². The maximum Gasteiger partial charge on any atom is 0.259 e. The summed E-state index contributed by atoms with van der Waals surface area (Å²) >= 11 is 0. The van der Waals surface area contributed by atoms with E-state index in [-0.39, 0.29) is 5.56 Å². The van der Waals surface area contributed by atoms with Gasteiger partial charge < -0.3 is 0 Å². The van der Waals surface area contributed by atoms with Crippen molar-refractivity contribution in [2.24, 2.45) is 11.8 Å². The molecule has 2 aliphatic rings. The van der Waals surface area contributed by atoms with Gasteiger partial charge in [0, 0.05) is 23.7 Å². The zero-order valence-electron chi connectivity index (χ0n) is 21.8. The summed E-state index contributed by atoms with van der Waals surface area (Å²) in [6.07, 6.45) is 4.35. The van der Waals surface area contributed by atoms with Crippen LogP contribution in [0.2, 0.25) is 0 Å². The first-order valence-electron chi connectivity index (χ1n) is 13.1. The summed E-state index contributed by atoms with van der Waals surface area (Å²) in [6.45, 7) is 12.4. The summed E-state index contributed by atoms with van der Waals surface area (Å²) in [6, 6.07) is 17.1. The summed E-state index contributed by atoms with van der Waals surface area (Å²) < 4.78 is 1.93. The fourth-order valence-electron chi connectivity index (χ4n) is 5.99. The van der Waals surface area contributed by atoms with Crippen LogP contribution in [-0.4, -0.2) is 27.2 Å². The molecular formula is C30H38N4O. The highest BCUT2D eigenvalue weighted by molar-refractivity contribution is 5.64. The molecular weight excluding hydrogens is 432 g/mol. The Hall–Kier alpha value is -2.92. The average molecular weight is 471 g/mol. The minimum Gasteiger partial charge on any atom is -0.298 e. The molecule has 1 fully saturated rings. The van der Waals surface area contributed by atoms with Gasteiger partial charge in [0.1, 0.15) is 0 Å². The lowest BCUT2D eigenvalue weighted by molar-refractivity contribution is 0.0491. The molecule has 1 aliphatic carbocycles. The molecule has 3 atom stereocenters. The van der Waals surface area contributed by atoms with Crippen molar-refractivity contribution in [2.75, 3.05) is 11.6 Å². The van der Waals surface area contributed by atoms with Crippen LogP contribution in [0.5, 0.6) is 0 Å². The molecule has 0 N–H and O–H groups in total. The van der Waals surface area contributed by atoms with E-state index in [1.54, 1.807) is 0 Å². The molecule has 3 unspecified atom stereocenters. The van der Waals surface area contributed by atoms with Crippen LogP contribution in [0.1, 0.15) is 61.1 Å². The normalized spacial score (nSPS) is 22.8. The third-order valence-corrected chi connectivity index (χ3v) is 8.56. The Labute approximate surface area is 209 Å². The summed E-state index contributed by atoms with van der Waals surface area (Å²) in [5, 5.41) is 0. The highest BCUT2D eigenvalue weighted by atomic mass is 16.1. The van der Waals surface area contributed by atoms with Crippen LogP contribution in [0.4, 0.5) is 11.6 Å². The third kappa shape index (κ3) is 4.42.